The van der Waals surface area contributed by atoms with Gasteiger partial charge in [-0.2, -0.15) is 0 Å². The molecule has 2 fully saturated rings. The Labute approximate surface area is 131 Å². The Balaban J connectivity index is 1.75. The van der Waals surface area contributed by atoms with Gasteiger partial charge in [0, 0.05) is 24.3 Å². The van der Waals surface area contributed by atoms with Crippen LogP contribution in [0.25, 0.3) is 0 Å². The van der Waals surface area contributed by atoms with E-state index in [1.165, 1.54) is 0 Å². The fourth-order valence-electron chi connectivity index (χ4n) is 4.03. The third kappa shape index (κ3) is 2.54. The van der Waals surface area contributed by atoms with Gasteiger partial charge in [0.1, 0.15) is 12.3 Å². The number of rotatable bonds is 3. The molecule has 0 aromatic rings. The van der Waals surface area contributed by atoms with E-state index in [9.17, 15) is 9.59 Å². The van der Waals surface area contributed by atoms with Crippen molar-refractivity contribution in [1.82, 2.24) is 15.5 Å². The molecule has 0 saturated carbocycles. The predicted molar refractivity (Wildman–Crippen MR) is 81.9 cm³/mol. The lowest BCUT2D eigenvalue weighted by atomic mass is 9.78. The number of nitrogens with one attached hydrogen (secondary N) is 2. The van der Waals surface area contributed by atoms with Crippen LogP contribution >= 0.6 is 0 Å². The van der Waals surface area contributed by atoms with Crippen LogP contribution in [0.1, 0.15) is 32.6 Å². The second kappa shape index (κ2) is 6.01. The number of allylic oxidation sites excluding steroid dienone is 2. The van der Waals surface area contributed by atoms with Crippen molar-refractivity contribution in [2.75, 3.05) is 20.2 Å². The zero-order chi connectivity index (χ0) is 15.7. The zero-order valence-electron chi connectivity index (χ0n) is 13.3. The van der Waals surface area contributed by atoms with E-state index in [1.807, 2.05) is 4.90 Å². The molecule has 2 heterocycles. The van der Waals surface area contributed by atoms with Gasteiger partial charge in [0.15, 0.2) is 0 Å². The first kappa shape index (κ1) is 15.5. The largest absolute Gasteiger partial charge is 0.358 e. The minimum absolute atomic E-state index is 0.00299. The maximum Gasteiger partial charge on any atom is 0.247 e. The molecule has 3 atom stereocenters. The first-order valence-electron chi connectivity index (χ1n) is 8.10. The summed E-state index contributed by atoms with van der Waals surface area (Å²) in [5, 5.41) is 5.64. The van der Waals surface area contributed by atoms with Crippen LogP contribution in [-0.2, 0) is 14.3 Å². The number of fused-ring (bicyclic) bond motifs is 1. The summed E-state index contributed by atoms with van der Waals surface area (Å²) in [5.74, 6) is -0.147. The summed E-state index contributed by atoms with van der Waals surface area (Å²) in [4.78, 5) is 26.6. The zero-order valence-corrected chi connectivity index (χ0v) is 13.3. The standard InChI is InChI=1S/C16H25N3O3/c1-11-16(6-3-4-7-16)9-14-19(11)15(21)12(5-8-22-14)18-13(20)10-17-2/h3-4,11-12,14,17H,5-10H2,1-2H3,(H,18,20). The van der Waals surface area contributed by atoms with Gasteiger partial charge in [0.25, 0.3) is 0 Å². The first-order valence-corrected chi connectivity index (χ1v) is 8.10. The lowest BCUT2D eigenvalue weighted by Gasteiger charge is -2.33. The van der Waals surface area contributed by atoms with Crippen LogP contribution in [0.15, 0.2) is 12.2 Å². The number of amides is 2. The molecular weight excluding hydrogens is 282 g/mol. The molecule has 0 aromatic carbocycles. The van der Waals surface area contributed by atoms with E-state index in [-0.39, 0.29) is 36.0 Å². The maximum atomic E-state index is 12.9. The van der Waals surface area contributed by atoms with Gasteiger partial charge < -0.3 is 20.3 Å². The van der Waals surface area contributed by atoms with Gasteiger partial charge in [-0.05, 0) is 26.8 Å². The van der Waals surface area contributed by atoms with E-state index in [0.717, 1.165) is 19.3 Å². The Morgan fingerprint density at radius 2 is 2.18 bits per heavy atom. The summed E-state index contributed by atoms with van der Waals surface area (Å²) in [7, 11) is 1.72. The number of carbonyl (C=O) groups is 2. The topological polar surface area (TPSA) is 70.7 Å². The summed E-state index contributed by atoms with van der Waals surface area (Å²) < 4.78 is 5.94. The van der Waals surface area contributed by atoms with Crippen LogP contribution in [0.3, 0.4) is 0 Å². The molecule has 0 aromatic heterocycles. The Hall–Kier alpha value is -1.40. The van der Waals surface area contributed by atoms with Crippen LogP contribution in [0.2, 0.25) is 0 Å². The van der Waals surface area contributed by atoms with Crippen molar-refractivity contribution in [3.63, 3.8) is 0 Å². The highest BCUT2D eigenvalue weighted by molar-refractivity contribution is 5.89. The van der Waals surface area contributed by atoms with Crippen LogP contribution in [0, 0.1) is 5.41 Å². The molecule has 2 N–H and O–H groups in total. The van der Waals surface area contributed by atoms with Crippen molar-refractivity contribution < 1.29 is 14.3 Å². The summed E-state index contributed by atoms with van der Waals surface area (Å²) in [6, 6.07) is -0.334. The third-order valence-electron chi connectivity index (χ3n) is 5.35. The van der Waals surface area contributed by atoms with E-state index < -0.39 is 6.04 Å². The minimum atomic E-state index is -0.474. The van der Waals surface area contributed by atoms with Crippen molar-refractivity contribution in [3.8, 4) is 0 Å². The van der Waals surface area contributed by atoms with Crippen molar-refractivity contribution in [2.24, 2.45) is 5.41 Å². The molecule has 6 nitrogen and oxygen atoms in total. The van der Waals surface area contributed by atoms with Crippen molar-refractivity contribution in [3.05, 3.63) is 12.2 Å². The lowest BCUT2D eigenvalue weighted by Crippen LogP contribution is -2.52. The second-order valence-electron chi connectivity index (χ2n) is 6.63. The molecule has 22 heavy (non-hydrogen) atoms. The van der Waals surface area contributed by atoms with Crippen LogP contribution in [0.4, 0.5) is 0 Å². The van der Waals surface area contributed by atoms with Crippen LogP contribution in [-0.4, -0.2) is 55.2 Å². The fraction of sp³-hybridized carbons (Fsp3) is 0.750. The number of carbonyl (C=O) groups excluding carboxylic acids is 2. The molecule has 2 amide bonds. The first-order chi connectivity index (χ1) is 10.6. The number of nitrogens with zero attached hydrogens (tertiary/aromatic N) is 1. The van der Waals surface area contributed by atoms with E-state index in [2.05, 4.69) is 29.7 Å². The quantitative estimate of drug-likeness (QED) is 0.740. The Kier molecular flexibility index (Phi) is 4.23. The molecule has 2 aliphatic heterocycles. The highest BCUT2D eigenvalue weighted by atomic mass is 16.5. The van der Waals surface area contributed by atoms with Gasteiger partial charge in [0.2, 0.25) is 11.8 Å². The number of hydrogen-bond acceptors (Lipinski definition) is 4. The van der Waals surface area contributed by atoms with Crippen molar-refractivity contribution in [1.29, 1.82) is 0 Å². The average Bonchev–Trinajstić information content (AvgIpc) is 3.01. The van der Waals surface area contributed by atoms with E-state index in [0.29, 0.717) is 13.0 Å². The van der Waals surface area contributed by atoms with Crippen molar-refractivity contribution in [2.45, 2.75) is 50.9 Å². The lowest BCUT2D eigenvalue weighted by molar-refractivity contribution is -0.143. The summed E-state index contributed by atoms with van der Waals surface area (Å²) in [5.41, 5.74) is 0.122. The maximum absolute atomic E-state index is 12.9. The molecule has 122 valence electrons. The van der Waals surface area contributed by atoms with E-state index >= 15 is 0 Å². The summed E-state index contributed by atoms with van der Waals surface area (Å²) in [6.45, 7) is 2.84. The molecule has 6 heteroatoms. The molecule has 0 bridgehead atoms. The van der Waals surface area contributed by atoms with E-state index in [4.69, 9.17) is 4.74 Å². The Bertz CT molecular complexity index is 483. The molecule has 2 saturated heterocycles. The van der Waals surface area contributed by atoms with Gasteiger partial charge in [-0.15, -0.1) is 0 Å². The summed E-state index contributed by atoms with van der Waals surface area (Å²) in [6.07, 6.45) is 7.72. The van der Waals surface area contributed by atoms with Gasteiger partial charge in [-0.25, -0.2) is 0 Å². The summed E-state index contributed by atoms with van der Waals surface area (Å²) >= 11 is 0. The van der Waals surface area contributed by atoms with Crippen molar-refractivity contribution >= 4 is 11.8 Å². The number of ether oxygens (including phenoxy) is 1. The third-order valence-corrected chi connectivity index (χ3v) is 5.35. The molecule has 0 radical (unpaired) electrons. The number of likely N-dealkylation sites (N-methyl/N-ethyl adjacent to an activating group) is 1. The smallest absolute Gasteiger partial charge is 0.247 e. The monoisotopic (exact) mass is 307 g/mol. The van der Waals surface area contributed by atoms with Crippen LogP contribution in [0.5, 0.6) is 0 Å². The fourth-order valence-corrected chi connectivity index (χ4v) is 4.03. The SMILES string of the molecule is CNCC(=O)NC1CCOC2CC3(CC=CC3)C(C)N2C1=O. The highest BCUT2D eigenvalue weighted by Gasteiger charge is 2.53. The normalized spacial score (nSPS) is 33.1. The van der Waals surface area contributed by atoms with Gasteiger partial charge in [-0.1, -0.05) is 12.2 Å². The minimum Gasteiger partial charge on any atom is -0.358 e. The Morgan fingerprint density at radius 3 is 2.86 bits per heavy atom. The van der Waals surface area contributed by atoms with Crippen LogP contribution < -0.4 is 10.6 Å². The predicted octanol–water partition coefficient (Wildman–Crippen LogP) is 0.394. The van der Waals surface area contributed by atoms with Gasteiger partial charge >= 0.3 is 0 Å². The molecule has 1 aliphatic carbocycles. The molecule has 3 unspecified atom stereocenters. The average molecular weight is 307 g/mol. The molecule has 1 spiro atoms. The second-order valence-corrected chi connectivity index (χ2v) is 6.63. The van der Waals surface area contributed by atoms with Gasteiger partial charge in [-0.3, -0.25) is 9.59 Å². The molecular formula is C16H25N3O3. The molecule has 3 rings (SSSR count). The van der Waals surface area contributed by atoms with Gasteiger partial charge in [0.05, 0.1) is 13.2 Å². The number of hydrogen-bond donors (Lipinski definition) is 2. The Morgan fingerprint density at radius 1 is 1.45 bits per heavy atom. The molecule has 3 aliphatic rings. The van der Waals surface area contributed by atoms with E-state index in [1.54, 1.807) is 7.05 Å². The highest BCUT2D eigenvalue weighted by Crippen LogP contribution is 2.50.